The Kier molecular flexibility index (Phi) is 242. The smallest absolute Gasteiger partial charge is 0.412 e. The fraction of sp³-hybridized carbons (Fsp3) is 0. The van der Waals surface area contributed by atoms with E-state index in [-0.39, 0.29) is 31.7 Å². The molecule has 80 valence electrons. The quantitative estimate of drug-likeness (QED) is 0.430. The second-order valence-corrected chi connectivity index (χ2v) is 0.980. The fourth-order valence-electron chi connectivity index (χ4n) is 0. The fourth-order valence-corrected chi connectivity index (χ4v) is 0. The van der Waals surface area contributed by atoms with Crippen LogP contribution in [0.5, 0.6) is 0 Å². The summed E-state index contributed by atoms with van der Waals surface area (Å²) in [5.74, 6) is 0. The summed E-state index contributed by atoms with van der Waals surface area (Å²) in [6.45, 7) is 0. The molecule has 0 heterocycles. The molecule has 0 aliphatic carbocycles. The SMILES string of the molecule is O.O=PO.O=PO.O=PO.O=PO.[Zr+4]. The van der Waals surface area contributed by atoms with Crippen molar-refractivity contribution in [3.05, 3.63) is 0 Å². The van der Waals surface area contributed by atoms with Crippen LogP contribution in [0.3, 0.4) is 0 Å². The van der Waals surface area contributed by atoms with E-state index in [1.54, 1.807) is 0 Å². The zero-order chi connectivity index (χ0) is 10.8. The van der Waals surface area contributed by atoms with Gasteiger partial charge >= 0.3 is 61.0 Å². The third-order valence-corrected chi connectivity index (χ3v) is 0. The van der Waals surface area contributed by atoms with Crippen LogP contribution >= 0.6 is 34.7 Å². The summed E-state index contributed by atoms with van der Waals surface area (Å²) in [7, 11) is -3.33. The normalized spacial score (nSPS) is 6.00. The van der Waals surface area contributed by atoms with Gasteiger partial charge in [0.15, 0.2) is 0 Å². The molecular formula is H6O9P4Zr+4. The van der Waals surface area contributed by atoms with Gasteiger partial charge in [0.05, 0.1) is 0 Å². The monoisotopic (exact) mass is 364 g/mol. The molecule has 14 heavy (non-hydrogen) atoms. The molecule has 0 bridgehead atoms. The van der Waals surface area contributed by atoms with Gasteiger partial charge in [-0.2, -0.15) is 0 Å². The van der Waals surface area contributed by atoms with E-state index in [9.17, 15) is 0 Å². The van der Waals surface area contributed by atoms with E-state index in [0.717, 1.165) is 0 Å². The van der Waals surface area contributed by atoms with Crippen LogP contribution in [0.1, 0.15) is 0 Å². The van der Waals surface area contributed by atoms with Crippen LogP contribution in [-0.2, 0) is 44.5 Å². The first-order valence-corrected chi connectivity index (χ1v) is 4.59. The van der Waals surface area contributed by atoms with Crippen molar-refractivity contribution in [3.8, 4) is 0 Å². The first-order valence-electron chi connectivity index (χ1n) is 1.53. The van der Waals surface area contributed by atoms with Gasteiger partial charge in [0.1, 0.15) is 0 Å². The molecule has 0 amide bonds. The minimum atomic E-state index is -0.833. The van der Waals surface area contributed by atoms with E-state index in [1.807, 2.05) is 0 Å². The molecule has 0 rings (SSSR count). The van der Waals surface area contributed by atoms with Gasteiger partial charge in [-0.05, 0) is 0 Å². The van der Waals surface area contributed by atoms with E-state index in [0.29, 0.717) is 0 Å². The molecular weight excluding hydrogens is 359 g/mol. The minimum absolute atomic E-state index is 0. The summed E-state index contributed by atoms with van der Waals surface area (Å²) in [6.07, 6.45) is 0. The van der Waals surface area contributed by atoms with Crippen LogP contribution in [0.25, 0.3) is 0 Å². The van der Waals surface area contributed by atoms with Crippen LogP contribution in [-0.4, -0.2) is 25.0 Å². The van der Waals surface area contributed by atoms with Crippen molar-refractivity contribution < 1.29 is 69.5 Å². The third-order valence-electron chi connectivity index (χ3n) is 0. The average Bonchev–Trinajstić information content (AvgIpc) is 1.92. The van der Waals surface area contributed by atoms with E-state index in [4.69, 9.17) is 37.8 Å². The minimum Gasteiger partial charge on any atom is -0.412 e. The van der Waals surface area contributed by atoms with Gasteiger partial charge in [0, 0.05) is 0 Å². The molecule has 0 aliphatic heterocycles. The van der Waals surface area contributed by atoms with Crippen LogP contribution in [0.2, 0.25) is 0 Å². The number of hydrogen-bond donors (Lipinski definition) is 4. The van der Waals surface area contributed by atoms with E-state index in [1.165, 1.54) is 0 Å². The predicted octanol–water partition coefficient (Wildman–Crippen LogP) is -0.0856. The average molecular weight is 365 g/mol. The number of hydrogen-bond acceptors (Lipinski definition) is 4. The molecule has 0 atom stereocenters. The van der Waals surface area contributed by atoms with E-state index >= 15 is 0 Å². The second kappa shape index (κ2) is 93.3. The Balaban J connectivity index is -0.0000000145. The van der Waals surface area contributed by atoms with Crippen LogP contribution < -0.4 is 0 Å². The summed E-state index contributed by atoms with van der Waals surface area (Å²) in [4.78, 5) is 27.9. The molecule has 0 saturated carbocycles. The zero-order valence-electron chi connectivity index (χ0n) is 6.21. The first kappa shape index (κ1) is 36.3. The summed E-state index contributed by atoms with van der Waals surface area (Å²) < 4.78 is 33.8. The molecule has 0 aromatic rings. The summed E-state index contributed by atoms with van der Waals surface area (Å²) in [5, 5.41) is 0. The Bertz CT molecular complexity index is 70.8. The molecule has 0 aliphatic rings. The van der Waals surface area contributed by atoms with Gasteiger partial charge in [-0.1, -0.05) is 0 Å². The largest absolute Gasteiger partial charge is 4.00 e. The van der Waals surface area contributed by atoms with Crippen molar-refractivity contribution in [2.24, 2.45) is 0 Å². The Hall–Kier alpha value is 1.08. The van der Waals surface area contributed by atoms with Crippen molar-refractivity contribution in [3.63, 3.8) is 0 Å². The molecule has 0 aromatic heterocycles. The van der Waals surface area contributed by atoms with Crippen LogP contribution in [0, 0.1) is 0 Å². The van der Waals surface area contributed by atoms with Crippen molar-refractivity contribution in [1.29, 1.82) is 0 Å². The molecule has 6 N–H and O–H groups in total. The van der Waals surface area contributed by atoms with Gasteiger partial charge in [-0.15, -0.1) is 0 Å². The standard InChI is InChI=1S/4HO2P.H2O.Zr/c4*1-3-2;;/h4*(H,1,2);1H2;/q;;;;;+4. The maximum absolute atomic E-state index is 8.46. The summed E-state index contributed by atoms with van der Waals surface area (Å²) in [6, 6.07) is 0. The van der Waals surface area contributed by atoms with Crippen molar-refractivity contribution in [2.75, 3.05) is 0 Å². The Morgan fingerprint density at radius 2 is 0.571 bits per heavy atom. The number of rotatable bonds is 0. The Morgan fingerprint density at radius 3 is 0.571 bits per heavy atom. The second-order valence-electron chi connectivity index (χ2n) is 0.327. The van der Waals surface area contributed by atoms with E-state index in [2.05, 4.69) is 0 Å². The molecule has 0 aromatic carbocycles. The van der Waals surface area contributed by atoms with Gasteiger partial charge in [-0.3, -0.25) is 0 Å². The zero-order valence-corrected chi connectivity index (χ0v) is 12.2. The van der Waals surface area contributed by atoms with Gasteiger partial charge in [0.2, 0.25) is 0 Å². The maximum atomic E-state index is 8.46. The topological polar surface area (TPSA) is 181 Å². The summed E-state index contributed by atoms with van der Waals surface area (Å²) in [5.41, 5.74) is 0. The molecule has 0 radical (unpaired) electrons. The molecule has 0 spiro atoms. The van der Waals surface area contributed by atoms with Crippen LogP contribution in [0.15, 0.2) is 0 Å². The van der Waals surface area contributed by atoms with Gasteiger partial charge in [-0.25, -0.2) is 18.3 Å². The molecule has 0 unspecified atom stereocenters. The summed E-state index contributed by atoms with van der Waals surface area (Å²) >= 11 is 0. The molecule has 9 nitrogen and oxygen atoms in total. The van der Waals surface area contributed by atoms with Crippen LogP contribution in [0.4, 0.5) is 0 Å². The van der Waals surface area contributed by atoms with Crippen molar-refractivity contribution in [1.82, 2.24) is 0 Å². The van der Waals surface area contributed by atoms with Gasteiger partial charge in [0.25, 0.3) is 0 Å². The molecule has 0 fully saturated rings. The van der Waals surface area contributed by atoms with Crippen molar-refractivity contribution >= 4 is 34.7 Å². The first-order chi connectivity index (χ1) is 5.66. The maximum Gasteiger partial charge on any atom is 4.00 e. The van der Waals surface area contributed by atoms with Gasteiger partial charge < -0.3 is 25.0 Å². The molecule has 0 saturated heterocycles. The van der Waals surface area contributed by atoms with Crippen molar-refractivity contribution in [2.45, 2.75) is 0 Å². The Morgan fingerprint density at radius 1 is 0.571 bits per heavy atom. The van der Waals surface area contributed by atoms with E-state index < -0.39 is 34.7 Å². The third kappa shape index (κ3) is 1630. The predicted molar refractivity (Wildman–Crippen MR) is 42.9 cm³/mol. The molecule has 14 heteroatoms. The Labute approximate surface area is 104 Å².